The van der Waals surface area contributed by atoms with Crippen LogP contribution in [0.1, 0.15) is 0 Å². The molecule has 0 radical (unpaired) electrons. The predicted molar refractivity (Wildman–Crippen MR) is 126 cm³/mol. The molecule has 0 N–H and O–H groups in total. The van der Waals surface area contributed by atoms with Crippen LogP contribution >= 0.6 is 31.9 Å². The van der Waals surface area contributed by atoms with E-state index >= 15 is 0 Å². The first kappa shape index (κ1) is 16.6. The molecule has 4 aromatic carbocycles. The van der Waals surface area contributed by atoms with Crippen LogP contribution in [-0.2, 0) is 0 Å². The molecule has 0 amide bonds. The molecule has 0 bridgehead atoms. The van der Waals surface area contributed by atoms with E-state index in [4.69, 9.17) is 0 Å². The minimum Gasteiger partial charge on any atom is -0.376 e. The fourth-order valence-electron chi connectivity index (χ4n) is 4.68. The van der Waals surface area contributed by atoms with Crippen molar-refractivity contribution in [2.75, 3.05) is 4.81 Å². The van der Waals surface area contributed by atoms with E-state index in [1.807, 2.05) is 0 Å². The van der Waals surface area contributed by atoms with Crippen LogP contribution in [0.2, 0.25) is 0 Å². The summed E-state index contributed by atoms with van der Waals surface area (Å²) in [6, 6.07) is 30.9. The lowest BCUT2D eigenvalue weighted by molar-refractivity contribution is 1.34. The minimum absolute atomic E-state index is 0.163. The van der Waals surface area contributed by atoms with E-state index in [9.17, 15) is 0 Å². The summed E-state index contributed by atoms with van der Waals surface area (Å²) in [4.78, 5) is 2.51. The summed E-state index contributed by atoms with van der Waals surface area (Å²) < 4.78 is 2.21. The molecule has 2 aliphatic heterocycles. The molecule has 2 aliphatic rings. The second-order valence-electron chi connectivity index (χ2n) is 7.27. The lowest BCUT2D eigenvalue weighted by Gasteiger charge is -2.43. The van der Waals surface area contributed by atoms with Gasteiger partial charge >= 0.3 is 6.85 Å². The molecular weight excluding hydrogens is 473 g/mol. The largest absolute Gasteiger partial charge is 0.376 e. The van der Waals surface area contributed by atoms with Crippen LogP contribution in [-0.4, -0.2) is 6.85 Å². The SMILES string of the molecule is Brc1ccc2c(c1)-c1ccc(Br)cc1N1B2c2ccccc2-c2ccccc21. The summed E-state index contributed by atoms with van der Waals surface area (Å²) >= 11 is 7.38. The van der Waals surface area contributed by atoms with Gasteiger partial charge in [-0.1, -0.05) is 86.5 Å². The Labute approximate surface area is 181 Å². The molecule has 0 saturated carbocycles. The molecule has 4 aromatic rings. The van der Waals surface area contributed by atoms with Gasteiger partial charge in [0.25, 0.3) is 0 Å². The molecule has 1 nitrogen and oxygen atoms in total. The van der Waals surface area contributed by atoms with Crippen LogP contribution in [0.4, 0.5) is 11.4 Å². The maximum Gasteiger partial charge on any atom is 0.329 e. The van der Waals surface area contributed by atoms with Crippen molar-refractivity contribution in [3.8, 4) is 22.3 Å². The van der Waals surface area contributed by atoms with Crippen LogP contribution in [0, 0.1) is 0 Å². The molecule has 4 heteroatoms. The summed E-state index contributed by atoms with van der Waals surface area (Å²) in [6.45, 7) is 0.163. The zero-order chi connectivity index (χ0) is 18.8. The summed E-state index contributed by atoms with van der Waals surface area (Å²) in [5, 5.41) is 0. The van der Waals surface area contributed by atoms with Gasteiger partial charge < -0.3 is 4.81 Å². The number of rotatable bonds is 0. The van der Waals surface area contributed by atoms with Crippen molar-refractivity contribution >= 4 is 61.0 Å². The standard InChI is InChI=1S/C24H14BBr2N/c26-15-10-12-22-20(13-15)19-11-9-16(27)14-24(19)28-23-8-4-2-6-18(23)17-5-1-3-7-21(17)25(22)28/h1-14H. The van der Waals surface area contributed by atoms with Gasteiger partial charge in [0.15, 0.2) is 0 Å². The molecule has 0 saturated heterocycles. The first-order valence-electron chi connectivity index (χ1n) is 9.29. The first-order valence-corrected chi connectivity index (χ1v) is 10.9. The van der Waals surface area contributed by atoms with E-state index in [0.717, 1.165) is 8.95 Å². The highest BCUT2D eigenvalue weighted by atomic mass is 79.9. The monoisotopic (exact) mass is 485 g/mol. The number of fused-ring (bicyclic) bond motifs is 11. The van der Waals surface area contributed by atoms with Crippen LogP contribution in [0.3, 0.4) is 0 Å². The third kappa shape index (κ3) is 2.25. The zero-order valence-corrected chi connectivity index (χ0v) is 18.0. The van der Waals surface area contributed by atoms with Crippen LogP contribution in [0.25, 0.3) is 22.3 Å². The Morgan fingerprint density at radius 2 is 1.18 bits per heavy atom. The second kappa shape index (κ2) is 6.10. The maximum absolute atomic E-state index is 3.70. The Morgan fingerprint density at radius 3 is 2.07 bits per heavy atom. The van der Waals surface area contributed by atoms with Gasteiger partial charge in [-0.15, -0.1) is 0 Å². The van der Waals surface area contributed by atoms with Crippen molar-refractivity contribution in [3.63, 3.8) is 0 Å². The summed E-state index contributed by atoms with van der Waals surface area (Å²) in [5.74, 6) is 0. The molecule has 0 atom stereocenters. The number of anilines is 2. The van der Waals surface area contributed by atoms with Crippen molar-refractivity contribution in [2.45, 2.75) is 0 Å². The lowest BCUT2D eigenvalue weighted by atomic mass is 9.43. The highest BCUT2D eigenvalue weighted by molar-refractivity contribution is 9.10. The quantitative estimate of drug-likeness (QED) is 0.271. The Balaban J connectivity index is 1.77. The third-order valence-corrected chi connectivity index (χ3v) is 6.77. The number of para-hydroxylation sites is 1. The van der Waals surface area contributed by atoms with Gasteiger partial charge in [-0.3, -0.25) is 0 Å². The van der Waals surface area contributed by atoms with E-state index in [-0.39, 0.29) is 6.85 Å². The van der Waals surface area contributed by atoms with E-state index in [0.29, 0.717) is 0 Å². The minimum atomic E-state index is 0.163. The van der Waals surface area contributed by atoms with Crippen molar-refractivity contribution in [1.29, 1.82) is 0 Å². The highest BCUT2D eigenvalue weighted by Gasteiger charge is 2.41. The third-order valence-electron chi connectivity index (χ3n) is 5.79. The fourth-order valence-corrected chi connectivity index (χ4v) is 5.39. The Morgan fingerprint density at radius 1 is 0.536 bits per heavy atom. The van der Waals surface area contributed by atoms with Gasteiger partial charge in [-0.25, -0.2) is 0 Å². The van der Waals surface area contributed by atoms with Crippen molar-refractivity contribution in [3.05, 3.63) is 93.9 Å². The van der Waals surface area contributed by atoms with E-state index in [1.165, 1.54) is 44.6 Å². The number of benzene rings is 4. The van der Waals surface area contributed by atoms with Gasteiger partial charge in [-0.05, 0) is 52.4 Å². The molecule has 0 aromatic heterocycles. The zero-order valence-electron chi connectivity index (χ0n) is 14.9. The lowest BCUT2D eigenvalue weighted by Crippen LogP contribution is -2.59. The highest BCUT2D eigenvalue weighted by Crippen LogP contribution is 2.46. The molecule has 0 unspecified atom stereocenters. The Kier molecular flexibility index (Phi) is 3.63. The van der Waals surface area contributed by atoms with Gasteiger partial charge in [0.2, 0.25) is 0 Å². The molecular formula is C24H14BBr2N. The smallest absolute Gasteiger partial charge is 0.329 e. The summed E-state index contributed by atoms with van der Waals surface area (Å²) in [6.07, 6.45) is 0. The van der Waals surface area contributed by atoms with Crippen LogP contribution in [0.15, 0.2) is 93.9 Å². The number of hydrogen-bond acceptors (Lipinski definition) is 1. The van der Waals surface area contributed by atoms with Gasteiger partial charge in [0.05, 0.1) is 0 Å². The maximum atomic E-state index is 3.70. The predicted octanol–water partition coefficient (Wildman–Crippen LogP) is 6.12. The first-order chi connectivity index (χ1) is 13.7. The van der Waals surface area contributed by atoms with E-state index < -0.39 is 0 Å². The van der Waals surface area contributed by atoms with Gasteiger partial charge in [-0.2, -0.15) is 0 Å². The molecule has 132 valence electrons. The molecule has 0 fully saturated rings. The Bertz CT molecular complexity index is 1270. The molecule has 6 rings (SSSR count). The summed E-state index contributed by atoms with van der Waals surface area (Å²) in [7, 11) is 0. The molecule has 0 spiro atoms. The fraction of sp³-hybridized carbons (Fsp3) is 0. The molecule has 28 heavy (non-hydrogen) atoms. The van der Waals surface area contributed by atoms with Crippen LogP contribution in [0.5, 0.6) is 0 Å². The van der Waals surface area contributed by atoms with E-state index in [2.05, 4.69) is 122 Å². The number of hydrogen-bond donors (Lipinski definition) is 0. The van der Waals surface area contributed by atoms with E-state index in [1.54, 1.807) is 0 Å². The van der Waals surface area contributed by atoms with Crippen molar-refractivity contribution in [2.24, 2.45) is 0 Å². The molecule has 2 heterocycles. The van der Waals surface area contributed by atoms with Crippen molar-refractivity contribution < 1.29 is 0 Å². The van der Waals surface area contributed by atoms with Gasteiger partial charge in [0.1, 0.15) is 0 Å². The van der Waals surface area contributed by atoms with Gasteiger partial charge in [0, 0.05) is 31.4 Å². The Hall–Kier alpha value is -2.30. The number of nitrogens with zero attached hydrogens (tertiary/aromatic N) is 1. The van der Waals surface area contributed by atoms with Crippen molar-refractivity contribution in [1.82, 2.24) is 0 Å². The topological polar surface area (TPSA) is 3.24 Å². The molecule has 0 aliphatic carbocycles. The average Bonchev–Trinajstić information content (AvgIpc) is 2.73. The number of halogens is 2. The average molecular weight is 487 g/mol. The van der Waals surface area contributed by atoms with Crippen LogP contribution < -0.4 is 15.7 Å². The normalized spacial score (nSPS) is 13.2. The second-order valence-corrected chi connectivity index (χ2v) is 9.10. The summed E-state index contributed by atoms with van der Waals surface area (Å²) in [5.41, 5.74) is 10.4.